The van der Waals surface area contributed by atoms with Gasteiger partial charge in [-0.3, -0.25) is 4.79 Å². The molecule has 1 aliphatic rings. The molecule has 0 aromatic heterocycles. The summed E-state index contributed by atoms with van der Waals surface area (Å²) in [6.07, 6.45) is 0.973. The van der Waals surface area contributed by atoms with Gasteiger partial charge in [0.15, 0.2) is 0 Å². The number of carbonyl (C=O) groups is 1. The lowest BCUT2D eigenvalue weighted by atomic mass is 10.1. The van der Waals surface area contributed by atoms with Gasteiger partial charge in [0.1, 0.15) is 0 Å². The molecule has 0 saturated heterocycles. The summed E-state index contributed by atoms with van der Waals surface area (Å²) in [6.45, 7) is 2.90. The van der Waals surface area contributed by atoms with E-state index in [0.29, 0.717) is 10.6 Å². The number of rotatable bonds is 3. The second-order valence-electron chi connectivity index (χ2n) is 5.30. The summed E-state index contributed by atoms with van der Waals surface area (Å²) in [5.41, 5.74) is 4.04. The number of fused-ring (bicyclic) bond motifs is 1. The monoisotopic (exact) mass is 300 g/mol. The van der Waals surface area contributed by atoms with Crippen molar-refractivity contribution in [2.45, 2.75) is 19.4 Å². The topological polar surface area (TPSA) is 41.1 Å². The van der Waals surface area contributed by atoms with Crippen LogP contribution in [0.15, 0.2) is 42.5 Å². The predicted molar refractivity (Wildman–Crippen MR) is 86.0 cm³/mol. The maximum Gasteiger partial charge on any atom is 0.251 e. The molecule has 2 aromatic rings. The number of nitrogens with one attached hydrogen (secondary N) is 2. The Morgan fingerprint density at radius 3 is 2.95 bits per heavy atom. The van der Waals surface area contributed by atoms with Gasteiger partial charge in [-0.15, -0.1) is 0 Å². The van der Waals surface area contributed by atoms with Crippen LogP contribution in [0.25, 0.3) is 0 Å². The third-order valence-electron chi connectivity index (χ3n) is 3.77. The third-order valence-corrected chi connectivity index (χ3v) is 4.01. The number of amides is 1. The van der Waals surface area contributed by atoms with Crippen LogP contribution in [0.2, 0.25) is 5.02 Å². The fourth-order valence-electron chi connectivity index (χ4n) is 2.59. The zero-order valence-corrected chi connectivity index (χ0v) is 12.6. The van der Waals surface area contributed by atoms with Crippen molar-refractivity contribution in [1.82, 2.24) is 5.32 Å². The Bertz CT molecular complexity index is 684. The SMILES string of the molecule is C[C@H](NC(=O)c1ccc2c(c1)CCN2)c1cccc(Cl)c1. The second-order valence-corrected chi connectivity index (χ2v) is 5.74. The highest BCUT2D eigenvalue weighted by atomic mass is 35.5. The molecule has 3 nitrogen and oxygen atoms in total. The van der Waals surface area contributed by atoms with Gasteiger partial charge in [-0.05, 0) is 54.8 Å². The molecule has 4 heteroatoms. The number of hydrogen-bond acceptors (Lipinski definition) is 2. The summed E-state index contributed by atoms with van der Waals surface area (Å²) in [5, 5.41) is 6.98. The molecule has 21 heavy (non-hydrogen) atoms. The van der Waals surface area contributed by atoms with Crippen molar-refractivity contribution in [3.05, 3.63) is 64.2 Å². The van der Waals surface area contributed by atoms with Gasteiger partial charge in [-0.2, -0.15) is 0 Å². The lowest BCUT2D eigenvalue weighted by Gasteiger charge is -2.15. The molecule has 2 N–H and O–H groups in total. The highest BCUT2D eigenvalue weighted by Crippen LogP contribution is 2.23. The molecule has 108 valence electrons. The van der Waals surface area contributed by atoms with E-state index in [9.17, 15) is 4.79 Å². The van der Waals surface area contributed by atoms with Crippen molar-refractivity contribution in [3.8, 4) is 0 Å². The molecule has 0 radical (unpaired) electrons. The van der Waals surface area contributed by atoms with Gasteiger partial charge < -0.3 is 10.6 Å². The smallest absolute Gasteiger partial charge is 0.251 e. The molecular weight excluding hydrogens is 284 g/mol. The van der Waals surface area contributed by atoms with Crippen molar-refractivity contribution >= 4 is 23.2 Å². The molecule has 0 aliphatic carbocycles. The van der Waals surface area contributed by atoms with Crippen LogP contribution in [-0.2, 0) is 6.42 Å². The van der Waals surface area contributed by atoms with E-state index in [2.05, 4.69) is 10.6 Å². The van der Waals surface area contributed by atoms with Crippen LogP contribution < -0.4 is 10.6 Å². The average Bonchev–Trinajstić information content (AvgIpc) is 2.94. The van der Waals surface area contributed by atoms with Gasteiger partial charge in [0, 0.05) is 22.8 Å². The van der Waals surface area contributed by atoms with Crippen molar-refractivity contribution in [2.75, 3.05) is 11.9 Å². The minimum absolute atomic E-state index is 0.0582. The van der Waals surface area contributed by atoms with E-state index in [-0.39, 0.29) is 11.9 Å². The first-order chi connectivity index (χ1) is 10.1. The minimum Gasteiger partial charge on any atom is -0.384 e. The molecule has 1 heterocycles. The molecule has 3 rings (SSSR count). The molecular formula is C17H17ClN2O. The van der Waals surface area contributed by atoms with Gasteiger partial charge in [0.2, 0.25) is 0 Å². The van der Waals surface area contributed by atoms with E-state index in [0.717, 1.165) is 24.2 Å². The van der Waals surface area contributed by atoms with E-state index in [1.165, 1.54) is 5.56 Å². The first-order valence-corrected chi connectivity index (χ1v) is 7.44. The van der Waals surface area contributed by atoms with E-state index in [1.807, 2.05) is 49.4 Å². The Hall–Kier alpha value is -2.00. The van der Waals surface area contributed by atoms with E-state index >= 15 is 0 Å². The van der Waals surface area contributed by atoms with E-state index in [4.69, 9.17) is 11.6 Å². The first-order valence-electron chi connectivity index (χ1n) is 7.06. The van der Waals surface area contributed by atoms with Crippen molar-refractivity contribution in [1.29, 1.82) is 0 Å². The number of carbonyl (C=O) groups excluding carboxylic acids is 1. The molecule has 1 aliphatic heterocycles. The van der Waals surface area contributed by atoms with E-state index < -0.39 is 0 Å². The largest absolute Gasteiger partial charge is 0.384 e. The molecule has 0 spiro atoms. The second kappa shape index (κ2) is 5.78. The molecule has 0 saturated carbocycles. The van der Waals surface area contributed by atoms with Crippen LogP contribution in [-0.4, -0.2) is 12.5 Å². The normalized spacial score (nSPS) is 14.2. The zero-order valence-electron chi connectivity index (χ0n) is 11.8. The van der Waals surface area contributed by atoms with Crippen LogP contribution in [0.1, 0.15) is 34.5 Å². The van der Waals surface area contributed by atoms with Crippen LogP contribution in [0.4, 0.5) is 5.69 Å². The highest BCUT2D eigenvalue weighted by Gasteiger charge is 2.15. The zero-order chi connectivity index (χ0) is 14.8. The Kier molecular flexibility index (Phi) is 3.84. The third kappa shape index (κ3) is 3.03. The fourth-order valence-corrected chi connectivity index (χ4v) is 2.78. The first kappa shape index (κ1) is 14.0. The molecule has 0 bridgehead atoms. The van der Waals surface area contributed by atoms with Crippen LogP contribution in [0, 0.1) is 0 Å². The lowest BCUT2D eigenvalue weighted by Crippen LogP contribution is -2.26. The van der Waals surface area contributed by atoms with Crippen LogP contribution in [0.5, 0.6) is 0 Å². The molecule has 2 aromatic carbocycles. The molecule has 0 fully saturated rings. The summed E-state index contributed by atoms with van der Waals surface area (Å²) in [5.74, 6) is -0.0582. The van der Waals surface area contributed by atoms with Gasteiger partial charge in [0.05, 0.1) is 6.04 Å². The lowest BCUT2D eigenvalue weighted by molar-refractivity contribution is 0.0940. The summed E-state index contributed by atoms with van der Waals surface area (Å²) < 4.78 is 0. The summed E-state index contributed by atoms with van der Waals surface area (Å²) in [6, 6.07) is 13.3. The quantitative estimate of drug-likeness (QED) is 0.905. The Morgan fingerprint density at radius 2 is 2.14 bits per heavy atom. The Labute approximate surface area is 129 Å². The maximum absolute atomic E-state index is 12.3. The van der Waals surface area contributed by atoms with Gasteiger partial charge in [-0.25, -0.2) is 0 Å². The average molecular weight is 301 g/mol. The fraction of sp³-hybridized carbons (Fsp3) is 0.235. The maximum atomic E-state index is 12.3. The highest BCUT2D eigenvalue weighted by molar-refractivity contribution is 6.30. The number of benzene rings is 2. The number of anilines is 1. The molecule has 0 unspecified atom stereocenters. The van der Waals surface area contributed by atoms with Crippen molar-refractivity contribution < 1.29 is 4.79 Å². The van der Waals surface area contributed by atoms with Crippen LogP contribution in [0.3, 0.4) is 0 Å². The number of halogens is 1. The van der Waals surface area contributed by atoms with E-state index in [1.54, 1.807) is 0 Å². The summed E-state index contributed by atoms with van der Waals surface area (Å²) >= 11 is 5.99. The summed E-state index contributed by atoms with van der Waals surface area (Å²) in [4.78, 5) is 12.3. The predicted octanol–water partition coefficient (Wildman–Crippen LogP) is 3.80. The molecule has 1 atom stereocenters. The standard InChI is InChI=1S/C17H17ClN2O/c1-11(12-3-2-4-15(18)10-12)20-17(21)14-5-6-16-13(9-14)7-8-19-16/h2-6,9-11,19H,7-8H2,1H3,(H,20,21)/t11-/m0/s1. The van der Waals surface area contributed by atoms with Crippen molar-refractivity contribution in [2.24, 2.45) is 0 Å². The Balaban J connectivity index is 1.74. The van der Waals surface area contributed by atoms with Gasteiger partial charge in [0.25, 0.3) is 5.91 Å². The minimum atomic E-state index is -0.0809. The summed E-state index contributed by atoms with van der Waals surface area (Å²) in [7, 11) is 0. The van der Waals surface area contributed by atoms with Crippen LogP contribution >= 0.6 is 11.6 Å². The Morgan fingerprint density at radius 1 is 1.29 bits per heavy atom. The van der Waals surface area contributed by atoms with Gasteiger partial charge >= 0.3 is 0 Å². The van der Waals surface area contributed by atoms with Gasteiger partial charge in [-0.1, -0.05) is 23.7 Å². The number of hydrogen-bond donors (Lipinski definition) is 2. The molecule has 1 amide bonds. The van der Waals surface area contributed by atoms with Crippen molar-refractivity contribution in [3.63, 3.8) is 0 Å².